The Hall–Kier alpha value is -1.19. The first-order valence-electron chi connectivity index (χ1n) is 6.54. The number of rotatable bonds is 1. The summed E-state index contributed by atoms with van der Waals surface area (Å²) in [5.41, 5.74) is 3.89. The van der Waals surface area contributed by atoms with Crippen LogP contribution in [0.25, 0.3) is 10.9 Å². The molecule has 1 aromatic heterocycles. The van der Waals surface area contributed by atoms with Gasteiger partial charge in [-0.25, -0.2) is 0 Å². The first-order valence-corrected chi connectivity index (χ1v) is 6.54. The van der Waals surface area contributed by atoms with Crippen LogP contribution in [0.4, 0.5) is 0 Å². The van der Waals surface area contributed by atoms with Crippen molar-refractivity contribution < 1.29 is 5.11 Å². The maximum atomic E-state index is 10.1. The molecule has 0 aliphatic heterocycles. The van der Waals surface area contributed by atoms with Crippen LogP contribution in [-0.4, -0.2) is 34.7 Å². The normalized spacial score (nSPS) is 18.4. The third kappa shape index (κ3) is 2.11. The number of likely N-dealkylation sites (N-methyl/N-ethyl adjacent to an activating group) is 1. The summed E-state index contributed by atoms with van der Waals surface area (Å²) in [6.07, 6.45) is 3.34. The Kier molecular flexibility index (Phi) is 3.79. The molecule has 19 heavy (non-hydrogen) atoms. The van der Waals surface area contributed by atoms with Crippen molar-refractivity contribution in [1.29, 1.82) is 0 Å². The fraction of sp³-hybridized carbons (Fsp3) is 0.467. The molecule has 2 aromatic rings. The van der Waals surface area contributed by atoms with E-state index in [1.54, 1.807) is 6.07 Å². The summed E-state index contributed by atoms with van der Waals surface area (Å²) < 4.78 is 2.25. The first-order chi connectivity index (χ1) is 8.59. The Morgan fingerprint density at radius 2 is 2.05 bits per heavy atom. The molecule has 4 heteroatoms. The van der Waals surface area contributed by atoms with E-state index in [9.17, 15) is 5.11 Å². The number of fused-ring (bicyclic) bond motifs is 3. The lowest BCUT2D eigenvalue weighted by atomic mass is 9.90. The second-order valence-corrected chi connectivity index (χ2v) is 5.52. The van der Waals surface area contributed by atoms with Gasteiger partial charge in [0, 0.05) is 24.2 Å². The maximum absolute atomic E-state index is 10.1. The Bertz CT molecular complexity index is 604. The lowest BCUT2D eigenvalue weighted by molar-refractivity contribution is 0.267. The van der Waals surface area contributed by atoms with Crippen molar-refractivity contribution in [3.8, 4) is 5.75 Å². The highest BCUT2D eigenvalue weighted by molar-refractivity contribution is 5.91. The third-order valence-electron chi connectivity index (χ3n) is 4.32. The van der Waals surface area contributed by atoms with Crippen molar-refractivity contribution in [3.63, 3.8) is 0 Å². The molecule has 104 valence electrons. The van der Waals surface area contributed by atoms with Crippen LogP contribution in [0.3, 0.4) is 0 Å². The quantitative estimate of drug-likeness (QED) is 0.870. The molecule has 1 aliphatic rings. The van der Waals surface area contributed by atoms with Gasteiger partial charge in [-0.05, 0) is 51.1 Å². The number of hydrogen-bond donors (Lipinski definition) is 1. The average Bonchev–Trinajstić information content (AvgIpc) is 2.64. The highest BCUT2D eigenvalue weighted by Gasteiger charge is 2.26. The number of hydrogen-bond acceptors (Lipinski definition) is 2. The Morgan fingerprint density at radius 1 is 1.32 bits per heavy atom. The second-order valence-electron chi connectivity index (χ2n) is 5.52. The van der Waals surface area contributed by atoms with Crippen LogP contribution in [0.15, 0.2) is 18.2 Å². The molecule has 1 aliphatic carbocycles. The van der Waals surface area contributed by atoms with E-state index < -0.39 is 0 Å². The van der Waals surface area contributed by atoms with Gasteiger partial charge in [-0.2, -0.15) is 0 Å². The number of aromatic hydroxyl groups is 1. The maximum Gasteiger partial charge on any atom is 0.125 e. The Balaban J connectivity index is 0.00000133. The molecule has 0 amide bonds. The van der Waals surface area contributed by atoms with Crippen LogP contribution in [0, 0.1) is 0 Å². The zero-order chi connectivity index (χ0) is 12.9. The van der Waals surface area contributed by atoms with E-state index in [2.05, 4.69) is 36.7 Å². The molecule has 0 fully saturated rings. The van der Waals surface area contributed by atoms with Gasteiger partial charge in [-0.1, -0.05) is 6.07 Å². The van der Waals surface area contributed by atoms with Crippen molar-refractivity contribution in [2.24, 2.45) is 7.05 Å². The van der Waals surface area contributed by atoms with Gasteiger partial charge in [0.25, 0.3) is 0 Å². The van der Waals surface area contributed by atoms with Crippen LogP contribution >= 0.6 is 12.4 Å². The number of aryl methyl sites for hydroxylation is 1. The molecule has 3 rings (SSSR count). The lowest BCUT2D eigenvalue weighted by Gasteiger charge is -2.29. The molecular formula is C15H21ClN2O. The fourth-order valence-electron chi connectivity index (χ4n) is 3.23. The van der Waals surface area contributed by atoms with Gasteiger partial charge < -0.3 is 14.6 Å². The largest absolute Gasteiger partial charge is 0.507 e. The molecule has 1 N–H and O–H groups in total. The number of nitrogens with zero attached hydrogens (tertiary/aromatic N) is 2. The predicted octanol–water partition coefficient (Wildman–Crippen LogP) is 2.72. The molecule has 0 bridgehead atoms. The van der Waals surface area contributed by atoms with Gasteiger partial charge in [0.05, 0.1) is 5.52 Å². The minimum atomic E-state index is 0. The van der Waals surface area contributed by atoms with Gasteiger partial charge >= 0.3 is 0 Å². The number of halogens is 1. The number of phenolic OH excluding ortho intramolecular Hbond substituents is 1. The first kappa shape index (κ1) is 14.2. The van der Waals surface area contributed by atoms with Crippen LogP contribution in [-0.2, 0) is 19.9 Å². The second kappa shape index (κ2) is 5.06. The van der Waals surface area contributed by atoms with Crippen LogP contribution < -0.4 is 0 Å². The molecular weight excluding hydrogens is 260 g/mol. The van der Waals surface area contributed by atoms with Gasteiger partial charge in [-0.3, -0.25) is 0 Å². The van der Waals surface area contributed by atoms with E-state index >= 15 is 0 Å². The fourth-order valence-corrected chi connectivity index (χ4v) is 3.23. The van der Waals surface area contributed by atoms with E-state index in [0.29, 0.717) is 11.8 Å². The molecule has 3 nitrogen and oxygen atoms in total. The van der Waals surface area contributed by atoms with Crippen molar-refractivity contribution in [1.82, 2.24) is 9.47 Å². The van der Waals surface area contributed by atoms with Crippen molar-refractivity contribution >= 4 is 23.3 Å². The van der Waals surface area contributed by atoms with Crippen LogP contribution in [0.2, 0.25) is 0 Å². The zero-order valence-corrected chi connectivity index (χ0v) is 12.5. The van der Waals surface area contributed by atoms with Crippen LogP contribution in [0.1, 0.15) is 17.7 Å². The topological polar surface area (TPSA) is 28.4 Å². The standard InChI is InChI=1S/C15H20N2O.ClH/c1-16(2)10-7-8-12-11(9-10)15-13(17(12)3)5-4-6-14(15)18;/h4-6,10,18H,7-9H2,1-3H3;1H. The minimum absolute atomic E-state index is 0. The van der Waals surface area contributed by atoms with E-state index in [1.165, 1.54) is 17.7 Å². The highest BCUT2D eigenvalue weighted by atomic mass is 35.5. The van der Waals surface area contributed by atoms with E-state index in [1.807, 2.05) is 6.07 Å². The number of aromatic nitrogens is 1. The van der Waals surface area contributed by atoms with E-state index in [0.717, 1.165) is 23.7 Å². The van der Waals surface area contributed by atoms with Crippen LogP contribution in [0.5, 0.6) is 5.75 Å². The van der Waals surface area contributed by atoms with Crippen molar-refractivity contribution in [3.05, 3.63) is 29.5 Å². The summed E-state index contributed by atoms with van der Waals surface area (Å²) in [5, 5.41) is 11.2. The summed E-state index contributed by atoms with van der Waals surface area (Å²) in [6, 6.07) is 6.40. The van der Waals surface area contributed by atoms with Gasteiger partial charge in [-0.15, -0.1) is 12.4 Å². The Morgan fingerprint density at radius 3 is 2.74 bits per heavy atom. The summed E-state index contributed by atoms with van der Waals surface area (Å²) in [6.45, 7) is 0. The molecule has 0 spiro atoms. The monoisotopic (exact) mass is 280 g/mol. The average molecular weight is 281 g/mol. The molecule has 1 atom stereocenters. The molecule has 0 saturated heterocycles. The summed E-state index contributed by atoms with van der Waals surface area (Å²) in [4.78, 5) is 2.29. The predicted molar refractivity (Wildman–Crippen MR) is 81.3 cm³/mol. The van der Waals surface area contributed by atoms with Gasteiger partial charge in [0.15, 0.2) is 0 Å². The molecule has 0 saturated carbocycles. The molecule has 0 radical (unpaired) electrons. The number of phenols is 1. The summed E-state index contributed by atoms with van der Waals surface area (Å²) >= 11 is 0. The van der Waals surface area contributed by atoms with Crippen molar-refractivity contribution in [2.45, 2.75) is 25.3 Å². The summed E-state index contributed by atoms with van der Waals surface area (Å²) in [7, 11) is 6.39. The minimum Gasteiger partial charge on any atom is -0.507 e. The smallest absolute Gasteiger partial charge is 0.125 e. The SMILES string of the molecule is CN(C)C1CCc2c(c3c(O)cccc3n2C)C1.Cl. The van der Waals surface area contributed by atoms with E-state index in [4.69, 9.17) is 0 Å². The molecule has 1 unspecified atom stereocenters. The van der Waals surface area contributed by atoms with Gasteiger partial charge in [0.2, 0.25) is 0 Å². The summed E-state index contributed by atoms with van der Waals surface area (Å²) in [5.74, 6) is 0.420. The van der Waals surface area contributed by atoms with E-state index in [-0.39, 0.29) is 12.4 Å². The Labute approximate surface area is 120 Å². The highest BCUT2D eigenvalue weighted by Crippen LogP contribution is 2.36. The van der Waals surface area contributed by atoms with Gasteiger partial charge in [0.1, 0.15) is 5.75 Å². The zero-order valence-electron chi connectivity index (χ0n) is 11.7. The molecule has 1 heterocycles. The number of benzene rings is 1. The third-order valence-corrected chi connectivity index (χ3v) is 4.32. The lowest BCUT2D eigenvalue weighted by Crippen LogP contribution is -2.33. The van der Waals surface area contributed by atoms with Crippen molar-refractivity contribution in [2.75, 3.05) is 14.1 Å². The molecule has 1 aromatic carbocycles.